The fourth-order valence-corrected chi connectivity index (χ4v) is 6.12. The molecule has 0 aromatic heterocycles. The molecule has 2 aliphatic carbocycles. The lowest BCUT2D eigenvalue weighted by Gasteiger charge is -2.43. The summed E-state index contributed by atoms with van der Waals surface area (Å²) in [5, 5.41) is 11.3. The molecule has 3 nitrogen and oxygen atoms in total. The largest absolute Gasteiger partial charge is 0.493 e. The third kappa shape index (κ3) is 1.87. The van der Waals surface area contributed by atoms with Crippen molar-refractivity contribution in [3.05, 3.63) is 52.3 Å². The molecule has 1 N–H and O–H groups in total. The highest BCUT2D eigenvalue weighted by Crippen LogP contribution is 2.60. The number of rotatable bonds is 4. The molecule has 1 aromatic carbocycles. The standard InChI is InChI=1S/C20H24O3Si/c1-22-15-9-6-13-5-7-14-8-10-16(24(2,3)4)19-20(14,11-12-21)17(13)18(15)23-19/h5-10,19,21H,11-12H2,1-4H3/t19-,20-/m0/s1. The zero-order valence-electron chi connectivity index (χ0n) is 14.7. The van der Waals surface area contributed by atoms with Crippen molar-refractivity contribution in [1.82, 2.24) is 0 Å². The van der Waals surface area contributed by atoms with Crippen molar-refractivity contribution in [2.24, 2.45) is 0 Å². The molecule has 1 aromatic rings. The summed E-state index contributed by atoms with van der Waals surface area (Å²) in [5.41, 5.74) is 3.32. The molecule has 0 unspecified atom stereocenters. The van der Waals surface area contributed by atoms with E-state index in [0.717, 1.165) is 11.5 Å². The molecule has 0 fully saturated rings. The lowest BCUT2D eigenvalue weighted by atomic mass is 9.63. The number of aliphatic hydroxyl groups is 1. The van der Waals surface area contributed by atoms with Crippen LogP contribution < -0.4 is 9.47 Å². The van der Waals surface area contributed by atoms with Crippen LogP contribution in [0.5, 0.6) is 11.5 Å². The lowest BCUT2D eigenvalue weighted by Crippen LogP contribution is -2.49. The second-order valence-corrected chi connectivity index (χ2v) is 12.9. The summed E-state index contributed by atoms with van der Waals surface area (Å²) >= 11 is 0. The van der Waals surface area contributed by atoms with E-state index in [-0.39, 0.29) is 18.1 Å². The van der Waals surface area contributed by atoms with Crippen LogP contribution in [-0.2, 0) is 5.41 Å². The first kappa shape index (κ1) is 15.7. The molecule has 0 bridgehead atoms. The van der Waals surface area contributed by atoms with E-state index in [4.69, 9.17) is 9.47 Å². The topological polar surface area (TPSA) is 38.7 Å². The van der Waals surface area contributed by atoms with Gasteiger partial charge in [-0.3, -0.25) is 0 Å². The second kappa shape index (κ2) is 5.10. The summed E-state index contributed by atoms with van der Waals surface area (Å²) in [6.07, 6.45) is 9.47. The van der Waals surface area contributed by atoms with Gasteiger partial charge in [-0.25, -0.2) is 0 Å². The lowest BCUT2D eigenvalue weighted by molar-refractivity contribution is 0.167. The quantitative estimate of drug-likeness (QED) is 0.846. The summed E-state index contributed by atoms with van der Waals surface area (Å²) in [7, 11) is 0.125. The summed E-state index contributed by atoms with van der Waals surface area (Å²) in [4.78, 5) is 0. The van der Waals surface area contributed by atoms with Crippen LogP contribution >= 0.6 is 0 Å². The first-order valence-electron chi connectivity index (χ1n) is 8.53. The molecule has 0 spiro atoms. The smallest absolute Gasteiger partial charge is 0.166 e. The van der Waals surface area contributed by atoms with Crippen LogP contribution in [-0.4, -0.2) is 33.0 Å². The van der Waals surface area contributed by atoms with Crippen molar-refractivity contribution in [3.63, 3.8) is 0 Å². The molecule has 1 heterocycles. The predicted octanol–water partition coefficient (Wildman–Crippen LogP) is 3.85. The van der Waals surface area contributed by atoms with Gasteiger partial charge in [-0.2, -0.15) is 0 Å². The van der Waals surface area contributed by atoms with E-state index in [9.17, 15) is 5.11 Å². The molecule has 2 atom stereocenters. The van der Waals surface area contributed by atoms with Gasteiger partial charge in [0.2, 0.25) is 0 Å². The molecule has 4 heteroatoms. The van der Waals surface area contributed by atoms with Crippen molar-refractivity contribution in [2.75, 3.05) is 13.7 Å². The SMILES string of the molecule is COc1ccc2c3c1O[C@H]1C([Si](C)(C)C)=CC=C(C=C2)[C@@]31CCO. The molecular weight excluding hydrogens is 316 g/mol. The first-order chi connectivity index (χ1) is 11.4. The number of hydrogen-bond acceptors (Lipinski definition) is 3. The van der Waals surface area contributed by atoms with Gasteiger partial charge in [0.05, 0.1) is 20.6 Å². The van der Waals surface area contributed by atoms with Crippen LogP contribution in [0.25, 0.3) is 6.08 Å². The van der Waals surface area contributed by atoms with E-state index in [1.165, 1.54) is 21.9 Å². The minimum absolute atomic E-state index is 0.0358. The minimum Gasteiger partial charge on any atom is -0.493 e. The Balaban J connectivity index is 2.03. The maximum atomic E-state index is 9.89. The van der Waals surface area contributed by atoms with Crippen LogP contribution in [0.15, 0.2) is 41.1 Å². The van der Waals surface area contributed by atoms with E-state index in [1.807, 2.05) is 6.07 Å². The van der Waals surface area contributed by atoms with Crippen molar-refractivity contribution >= 4 is 14.1 Å². The van der Waals surface area contributed by atoms with Crippen molar-refractivity contribution in [2.45, 2.75) is 37.6 Å². The third-order valence-electron chi connectivity index (χ3n) is 5.56. The van der Waals surface area contributed by atoms with Gasteiger partial charge >= 0.3 is 0 Å². The molecule has 0 amide bonds. The Morgan fingerprint density at radius 3 is 2.67 bits per heavy atom. The molecule has 126 valence electrons. The highest BCUT2D eigenvalue weighted by molar-refractivity contribution is 6.83. The Hall–Kier alpha value is -1.78. The van der Waals surface area contributed by atoms with E-state index >= 15 is 0 Å². The fourth-order valence-electron chi connectivity index (χ4n) is 4.45. The summed E-state index contributed by atoms with van der Waals surface area (Å²) in [6.45, 7) is 7.20. The minimum atomic E-state index is -1.56. The number of methoxy groups -OCH3 is 1. The Kier molecular flexibility index (Phi) is 3.35. The molecule has 0 saturated heterocycles. The van der Waals surface area contributed by atoms with Crippen molar-refractivity contribution in [1.29, 1.82) is 0 Å². The summed E-state index contributed by atoms with van der Waals surface area (Å²) < 4.78 is 12.2. The van der Waals surface area contributed by atoms with Gasteiger partial charge < -0.3 is 14.6 Å². The first-order valence-corrected chi connectivity index (χ1v) is 12.0. The molecule has 3 aliphatic rings. The highest BCUT2D eigenvalue weighted by atomic mass is 28.3. The van der Waals surface area contributed by atoms with E-state index in [1.54, 1.807) is 7.11 Å². The fraction of sp³-hybridized carbons (Fsp3) is 0.400. The van der Waals surface area contributed by atoms with Crippen LogP contribution in [0.4, 0.5) is 0 Å². The van der Waals surface area contributed by atoms with Gasteiger partial charge in [0, 0.05) is 12.2 Å². The molecule has 0 saturated carbocycles. The Morgan fingerprint density at radius 2 is 2.00 bits per heavy atom. The van der Waals surface area contributed by atoms with Gasteiger partial charge in [0.1, 0.15) is 6.10 Å². The summed E-state index contributed by atoms with van der Waals surface area (Å²) in [6, 6.07) is 4.08. The number of hydrogen-bond donors (Lipinski definition) is 1. The molecule has 1 aliphatic heterocycles. The number of aliphatic hydroxyl groups excluding tert-OH is 1. The number of ether oxygens (including phenoxy) is 2. The molecule has 4 rings (SSSR count). The second-order valence-electron chi connectivity index (χ2n) is 7.83. The van der Waals surface area contributed by atoms with Crippen molar-refractivity contribution in [3.8, 4) is 11.5 Å². The predicted molar refractivity (Wildman–Crippen MR) is 99.3 cm³/mol. The van der Waals surface area contributed by atoms with Gasteiger partial charge in [-0.15, -0.1) is 0 Å². The highest BCUT2D eigenvalue weighted by Gasteiger charge is 2.57. The van der Waals surface area contributed by atoms with Crippen LogP contribution in [0.1, 0.15) is 17.5 Å². The van der Waals surface area contributed by atoms with Gasteiger partial charge in [0.25, 0.3) is 0 Å². The average Bonchev–Trinajstić information content (AvgIpc) is 2.88. The Morgan fingerprint density at radius 1 is 1.21 bits per heavy atom. The summed E-state index contributed by atoms with van der Waals surface area (Å²) in [5.74, 6) is 1.64. The maximum absolute atomic E-state index is 9.89. The van der Waals surface area contributed by atoms with Crippen LogP contribution in [0.2, 0.25) is 19.6 Å². The monoisotopic (exact) mass is 340 g/mol. The Labute approximate surface area is 144 Å². The van der Waals surface area contributed by atoms with Crippen LogP contribution in [0, 0.1) is 0 Å². The molecular formula is C20H24O3Si. The number of benzene rings is 1. The molecule has 0 radical (unpaired) electrons. The van der Waals surface area contributed by atoms with Gasteiger partial charge in [0.15, 0.2) is 11.5 Å². The van der Waals surface area contributed by atoms with E-state index < -0.39 is 8.07 Å². The Bertz CT molecular complexity index is 798. The normalized spacial score (nSPS) is 26.5. The van der Waals surface area contributed by atoms with Crippen LogP contribution in [0.3, 0.4) is 0 Å². The average molecular weight is 340 g/mol. The van der Waals surface area contributed by atoms with E-state index in [0.29, 0.717) is 6.42 Å². The molecule has 24 heavy (non-hydrogen) atoms. The van der Waals surface area contributed by atoms with Crippen molar-refractivity contribution < 1.29 is 14.6 Å². The zero-order valence-corrected chi connectivity index (χ0v) is 15.7. The number of allylic oxidation sites excluding steroid dienone is 3. The van der Waals surface area contributed by atoms with Gasteiger partial charge in [-0.1, -0.05) is 50.0 Å². The third-order valence-corrected chi connectivity index (χ3v) is 7.72. The van der Waals surface area contributed by atoms with E-state index in [2.05, 4.69) is 50.0 Å². The maximum Gasteiger partial charge on any atom is 0.166 e. The van der Waals surface area contributed by atoms with Gasteiger partial charge in [-0.05, 0) is 28.8 Å². The zero-order chi connectivity index (χ0) is 17.1.